The number of nitrogens with zero attached hydrogens (tertiary/aromatic N) is 1. The monoisotopic (exact) mass is 163 g/mol. The number of carbonyl (C=O) groups is 1. The van der Waals surface area contributed by atoms with E-state index in [1.807, 2.05) is 0 Å². The minimum Gasteiger partial charge on any atom is -0.463 e. The highest BCUT2D eigenvalue weighted by atomic mass is 35.5. The van der Waals surface area contributed by atoms with Crippen molar-refractivity contribution in [1.82, 2.24) is 4.98 Å². The summed E-state index contributed by atoms with van der Waals surface area (Å²) in [6.07, 6.45) is 2.47. The van der Waals surface area contributed by atoms with E-state index in [-0.39, 0.29) is 18.2 Å². The molecule has 0 aliphatic rings. The van der Waals surface area contributed by atoms with E-state index in [9.17, 15) is 4.79 Å². The van der Waals surface area contributed by atoms with Gasteiger partial charge in [0.25, 0.3) is 0 Å². The van der Waals surface area contributed by atoms with Crippen LogP contribution in [-0.2, 0) is 4.74 Å². The van der Waals surface area contributed by atoms with Gasteiger partial charge >= 0.3 is 5.97 Å². The Balaban J connectivity index is 0.000000810. The molecule has 0 fully saturated rings. The first-order chi connectivity index (χ1) is 4.34. The second kappa shape index (κ2) is 3.90. The second-order valence-electron chi connectivity index (χ2n) is 1.36. The molecule has 0 radical (unpaired) electrons. The first-order valence-electron chi connectivity index (χ1n) is 2.31. The molecule has 10 heavy (non-hydrogen) atoms. The summed E-state index contributed by atoms with van der Waals surface area (Å²) in [6.45, 7) is 0. The van der Waals surface area contributed by atoms with Crippen molar-refractivity contribution in [2.45, 2.75) is 0 Å². The van der Waals surface area contributed by atoms with Crippen molar-refractivity contribution in [3.05, 3.63) is 18.4 Å². The van der Waals surface area contributed by atoms with E-state index in [0.717, 1.165) is 0 Å². The average Bonchev–Trinajstić information content (AvgIpc) is 2.37. The average molecular weight is 164 g/mol. The molecular weight excluding hydrogens is 158 g/mol. The molecular formula is C5H6ClNO3. The van der Waals surface area contributed by atoms with Crippen molar-refractivity contribution in [3.63, 3.8) is 0 Å². The Labute approximate surface area is 63.6 Å². The molecule has 0 amide bonds. The van der Waals surface area contributed by atoms with Crippen LogP contribution in [0.4, 0.5) is 0 Å². The normalized spacial score (nSPS) is 8.10. The van der Waals surface area contributed by atoms with Gasteiger partial charge in [-0.15, -0.1) is 12.4 Å². The smallest absolute Gasteiger partial charge is 0.375 e. The lowest BCUT2D eigenvalue weighted by Gasteiger charge is -1.88. The Hall–Kier alpha value is -1.03. The Kier molecular flexibility index (Phi) is 3.49. The van der Waals surface area contributed by atoms with Crippen molar-refractivity contribution in [3.8, 4) is 0 Å². The van der Waals surface area contributed by atoms with E-state index in [2.05, 4.69) is 14.1 Å². The van der Waals surface area contributed by atoms with Gasteiger partial charge in [-0.1, -0.05) is 0 Å². The van der Waals surface area contributed by atoms with Gasteiger partial charge in [0.15, 0.2) is 6.39 Å². The second-order valence-corrected chi connectivity index (χ2v) is 1.36. The zero-order chi connectivity index (χ0) is 6.69. The Morgan fingerprint density at radius 2 is 2.50 bits per heavy atom. The third-order valence-corrected chi connectivity index (χ3v) is 0.819. The first kappa shape index (κ1) is 8.97. The molecule has 0 N–H and O–H groups in total. The van der Waals surface area contributed by atoms with E-state index in [4.69, 9.17) is 0 Å². The Bertz CT molecular complexity index is 197. The molecule has 0 saturated carbocycles. The standard InChI is InChI=1S/C5H5NO3.ClH/c1-8-5(7)4-2-6-3-9-4;/h2-3H,1H3;1H. The van der Waals surface area contributed by atoms with Crippen molar-refractivity contribution in [2.24, 2.45) is 0 Å². The van der Waals surface area contributed by atoms with Crippen molar-refractivity contribution in [2.75, 3.05) is 7.11 Å². The summed E-state index contributed by atoms with van der Waals surface area (Å²) in [5.74, 6) is -0.384. The molecule has 0 unspecified atom stereocenters. The van der Waals surface area contributed by atoms with Gasteiger partial charge in [0, 0.05) is 0 Å². The predicted octanol–water partition coefficient (Wildman–Crippen LogP) is 0.883. The maximum absolute atomic E-state index is 10.5. The molecule has 56 valence electrons. The molecule has 5 heteroatoms. The number of rotatable bonds is 1. The third-order valence-electron chi connectivity index (χ3n) is 0.819. The van der Waals surface area contributed by atoms with Gasteiger partial charge < -0.3 is 9.15 Å². The molecule has 0 saturated heterocycles. The lowest BCUT2D eigenvalue weighted by atomic mass is 10.5. The summed E-state index contributed by atoms with van der Waals surface area (Å²) in [4.78, 5) is 14.0. The summed E-state index contributed by atoms with van der Waals surface area (Å²) >= 11 is 0. The van der Waals surface area contributed by atoms with E-state index in [1.165, 1.54) is 19.7 Å². The Morgan fingerprint density at radius 3 is 2.90 bits per heavy atom. The van der Waals surface area contributed by atoms with Crippen LogP contribution in [0.2, 0.25) is 0 Å². The van der Waals surface area contributed by atoms with Crippen LogP contribution in [-0.4, -0.2) is 18.1 Å². The Morgan fingerprint density at radius 1 is 1.80 bits per heavy atom. The minimum atomic E-state index is -0.507. The van der Waals surface area contributed by atoms with E-state index >= 15 is 0 Å². The predicted molar refractivity (Wildman–Crippen MR) is 35.1 cm³/mol. The van der Waals surface area contributed by atoms with E-state index in [0.29, 0.717) is 0 Å². The van der Waals surface area contributed by atoms with Crippen LogP contribution in [0.5, 0.6) is 0 Å². The number of hydrogen-bond acceptors (Lipinski definition) is 4. The molecule has 0 aliphatic carbocycles. The summed E-state index contributed by atoms with van der Waals surface area (Å²) in [5, 5.41) is 0. The molecule has 0 spiro atoms. The van der Waals surface area contributed by atoms with Gasteiger partial charge in [-0.2, -0.15) is 0 Å². The molecule has 0 aliphatic heterocycles. The van der Waals surface area contributed by atoms with Crippen LogP contribution in [0.15, 0.2) is 17.0 Å². The third kappa shape index (κ3) is 1.73. The fraction of sp³-hybridized carbons (Fsp3) is 0.200. The summed E-state index contributed by atoms with van der Waals surface area (Å²) < 4.78 is 8.92. The summed E-state index contributed by atoms with van der Waals surface area (Å²) in [7, 11) is 1.28. The van der Waals surface area contributed by atoms with Crippen LogP contribution in [0.25, 0.3) is 0 Å². The SMILES string of the molecule is COC(=O)c1cnco1.Cl. The largest absolute Gasteiger partial charge is 0.463 e. The summed E-state index contributed by atoms with van der Waals surface area (Å²) in [5.41, 5.74) is 0. The van der Waals surface area contributed by atoms with Gasteiger partial charge in [0.1, 0.15) is 0 Å². The van der Waals surface area contributed by atoms with E-state index in [1.54, 1.807) is 0 Å². The molecule has 0 bridgehead atoms. The summed E-state index contributed by atoms with van der Waals surface area (Å²) in [6, 6.07) is 0. The van der Waals surface area contributed by atoms with Crippen molar-refractivity contribution < 1.29 is 13.9 Å². The molecule has 1 aromatic rings. The lowest BCUT2D eigenvalue weighted by Crippen LogP contribution is -1.97. The molecule has 1 aromatic heterocycles. The van der Waals surface area contributed by atoms with Gasteiger partial charge in [0.05, 0.1) is 13.3 Å². The number of carbonyl (C=O) groups excluding carboxylic acids is 1. The highest BCUT2D eigenvalue weighted by Gasteiger charge is 2.06. The van der Waals surface area contributed by atoms with Crippen LogP contribution >= 0.6 is 12.4 Å². The molecule has 1 rings (SSSR count). The van der Waals surface area contributed by atoms with Gasteiger partial charge in [-0.05, 0) is 0 Å². The van der Waals surface area contributed by atoms with Crippen molar-refractivity contribution in [1.29, 1.82) is 0 Å². The fourth-order valence-electron chi connectivity index (χ4n) is 0.417. The zero-order valence-corrected chi connectivity index (χ0v) is 6.05. The van der Waals surface area contributed by atoms with Gasteiger partial charge in [0.2, 0.25) is 5.76 Å². The first-order valence-corrected chi connectivity index (χ1v) is 2.31. The van der Waals surface area contributed by atoms with Gasteiger partial charge in [-0.3, -0.25) is 0 Å². The molecule has 0 atom stereocenters. The van der Waals surface area contributed by atoms with Crippen molar-refractivity contribution >= 4 is 18.4 Å². The lowest BCUT2D eigenvalue weighted by molar-refractivity contribution is 0.0565. The maximum Gasteiger partial charge on any atom is 0.375 e. The number of esters is 1. The zero-order valence-electron chi connectivity index (χ0n) is 5.23. The van der Waals surface area contributed by atoms with Gasteiger partial charge in [-0.25, -0.2) is 9.78 Å². The topological polar surface area (TPSA) is 52.3 Å². The number of aromatic nitrogens is 1. The number of methoxy groups -OCH3 is 1. The minimum absolute atomic E-state index is 0. The highest BCUT2D eigenvalue weighted by Crippen LogP contribution is 1.96. The quantitative estimate of drug-likeness (QED) is 0.577. The van der Waals surface area contributed by atoms with Crippen LogP contribution in [0.3, 0.4) is 0 Å². The van der Waals surface area contributed by atoms with Crippen LogP contribution in [0.1, 0.15) is 10.6 Å². The number of hydrogen-bond donors (Lipinski definition) is 0. The highest BCUT2D eigenvalue weighted by molar-refractivity contribution is 5.85. The number of halogens is 1. The number of ether oxygens (including phenoxy) is 1. The van der Waals surface area contributed by atoms with Crippen LogP contribution in [0, 0.1) is 0 Å². The fourth-order valence-corrected chi connectivity index (χ4v) is 0.417. The molecule has 0 aromatic carbocycles. The van der Waals surface area contributed by atoms with Crippen LogP contribution < -0.4 is 0 Å². The van der Waals surface area contributed by atoms with E-state index < -0.39 is 5.97 Å². The molecule has 1 heterocycles. The maximum atomic E-state index is 10.5. The number of oxazole rings is 1. The molecule has 4 nitrogen and oxygen atoms in total.